The number of carbonyl (C=O) groups excluding carboxylic acids is 1. The lowest BCUT2D eigenvalue weighted by atomic mass is 10.2. The second kappa shape index (κ2) is 9.64. The normalized spacial score (nSPS) is 12.4. The van der Waals surface area contributed by atoms with Crippen molar-refractivity contribution in [3.8, 4) is 23.4 Å². The van der Waals surface area contributed by atoms with Crippen molar-refractivity contribution < 1.29 is 36.9 Å². The van der Waals surface area contributed by atoms with Gasteiger partial charge >= 0.3 is 6.16 Å². The summed E-state index contributed by atoms with van der Waals surface area (Å²) in [7, 11) is 0. The lowest BCUT2D eigenvalue weighted by Gasteiger charge is -2.19. The minimum absolute atomic E-state index is 0.0404. The van der Waals surface area contributed by atoms with Gasteiger partial charge in [0.1, 0.15) is 23.7 Å². The van der Waals surface area contributed by atoms with E-state index in [1.165, 1.54) is 31.2 Å². The summed E-state index contributed by atoms with van der Waals surface area (Å²) in [5.74, 6) is -4.51. The van der Waals surface area contributed by atoms with Gasteiger partial charge in [-0.1, -0.05) is 0 Å². The molecule has 0 aliphatic carbocycles. The van der Waals surface area contributed by atoms with Gasteiger partial charge in [0.15, 0.2) is 5.82 Å². The summed E-state index contributed by atoms with van der Waals surface area (Å²) in [6, 6.07) is 7.27. The predicted octanol–water partition coefficient (Wildman–Crippen LogP) is 4.43. The van der Waals surface area contributed by atoms with Crippen LogP contribution in [0.4, 0.5) is 18.0 Å². The molecule has 0 amide bonds. The average molecular weight is 410 g/mol. The fraction of sp³-hybridized carbons (Fsp3) is 0.316. The molecule has 0 aliphatic rings. The number of nitrogens with zero attached hydrogens (tertiary/aromatic N) is 2. The van der Waals surface area contributed by atoms with E-state index in [1.807, 2.05) is 0 Å². The number of rotatable bonds is 7. The molecule has 1 heterocycles. The van der Waals surface area contributed by atoms with Crippen LogP contribution < -0.4 is 9.47 Å². The van der Waals surface area contributed by atoms with Crippen molar-refractivity contribution in [3.63, 3.8) is 0 Å². The van der Waals surface area contributed by atoms with Crippen LogP contribution in [0.2, 0.25) is 0 Å². The van der Waals surface area contributed by atoms with Crippen LogP contribution in [-0.4, -0.2) is 30.0 Å². The molecule has 0 bridgehead atoms. The van der Waals surface area contributed by atoms with E-state index in [1.54, 1.807) is 13.0 Å². The molecule has 1 aromatic carbocycles. The van der Waals surface area contributed by atoms with Crippen molar-refractivity contribution in [2.24, 2.45) is 0 Å². The highest BCUT2D eigenvalue weighted by atomic mass is 19.2. The quantitative estimate of drug-likeness (QED) is 0.493. The molecule has 0 aliphatic heterocycles. The molecule has 10 heteroatoms. The third kappa shape index (κ3) is 5.51. The van der Waals surface area contributed by atoms with E-state index in [2.05, 4.69) is 9.72 Å². The van der Waals surface area contributed by atoms with Crippen LogP contribution in [0, 0.1) is 35.8 Å². The van der Waals surface area contributed by atoms with Gasteiger partial charge in [0, 0.05) is 5.56 Å². The number of aromatic nitrogens is 1. The maximum Gasteiger partial charge on any atom is 0.509 e. The first kappa shape index (κ1) is 21.8. The number of hydrogen-bond acceptors (Lipinski definition) is 7. The van der Waals surface area contributed by atoms with Gasteiger partial charge in [0.25, 0.3) is 5.88 Å². The SMILES string of the molecule is CCOC(=O)OC(C#N)C(C)Oc1ccc(Oc2nc(F)c(C)c(F)c2F)cc1. The van der Waals surface area contributed by atoms with Crippen LogP contribution >= 0.6 is 0 Å². The Hall–Kier alpha value is -3.48. The Kier molecular flexibility index (Phi) is 7.25. The Morgan fingerprint density at radius 1 is 1.17 bits per heavy atom. The first-order valence-corrected chi connectivity index (χ1v) is 8.45. The van der Waals surface area contributed by atoms with E-state index in [9.17, 15) is 18.0 Å². The molecule has 1 aromatic heterocycles. The van der Waals surface area contributed by atoms with E-state index in [0.29, 0.717) is 0 Å². The van der Waals surface area contributed by atoms with Gasteiger partial charge in [-0.2, -0.15) is 19.0 Å². The second-order valence-corrected chi connectivity index (χ2v) is 5.71. The number of nitriles is 1. The molecule has 2 atom stereocenters. The van der Waals surface area contributed by atoms with Crippen LogP contribution in [0.15, 0.2) is 24.3 Å². The van der Waals surface area contributed by atoms with Crippen molar-refractivity contribution in [2.45, 2.75) is 33.0 Å². The van der Waals surface area contributed by atoms with Gasteiger partial charge in [-0.15, -0.1) is 0 Å². The smallest absolute Gasteiger partial charge is 0.486 e. The largest absolute Gasteiger partial charge is 0.509 e. The number of carbonyl (C=O) groups is 1. The van der Waals surface area contributed by atoms with Crippen LogP contribution in [0.25, 0.3) is 0 Å². The van der Waals surface area contributed by atoms with Crippen molar-refractivity contribution >= 4 is 6.16 Å². The molecule has 0 fully saturated rings. The van der Waals surface area contributed by atoms with E-state index in [-0.39, 0.29) is 18.1 Å². The first-order chi connectivity index (χ1) is 13.8. The molecule has 2 unspecified atom stereocenters. The molecular formula is C19H17F3N2O5. The van der Waals surface area contributed by atoms with Crippen LogP contribution in [0.5, 0.6) is 17.4 Å². The molecule has 7 nitrogen and oxygen atoms in total. The third-order valence-corrected chi connectivity index (χ3v) is 3.62. The van der Waals surface area contributed by atoms with E-state index in [4.69, 9.17) is 19.5 Å². The predicted molar refractivity (Wildman–Crippen MR) is 93.0 cm³/mol. The van der Waals surface area contributed by atoms with E-state index < -0.39 is 47.4 Å². The number of hydrogen-bond donors (Lipinski definition) is 0. The molecular weight excluding hydrogens is 393 g/mol. The second-order valence-electron chi connectivity index (χ2n) is 5.71. The maximum absolute atomic E-state index is 13.8. The molecule has 2 rings (SSSR count). The van der Waals surface area contributed by atoms with Crippen molar-refractivity contribution in [3.05, 3.63) is 47.4 Å². The molecule has 0 radical (unpaired) electrons. The third-order valence-electron chi connectivity index (χ3n) is 3.62. The fourth-order valence-corrected chi connectivity index (χ4v) is 2.10. The highest BCUT2D eigenvalue weighted by Gasteiger charge is 2.24. The summed E-state index contributed by atoms with van der Waals surface area (Å²) in [5, 5.41) is 9.10. The highest BCUT2D eigenvalue weighted by Crippen LogP contribution is 2.28. The Bertz CT molecular complexity index is 916. The Morgan fingerprint density at radius 2 is 1.79 bits per heavy atom. The molecule has 0 saturated carbocycles. The number of pyridine rings is 1. The number of benzene rings is 1. The summed E-state index contributed by atoms with van der Waals surface area (Å²) < 4.78 is 60.9. The summed E-state index contributed by atoms with van der Waals surface area (Å²) in [6.45, 7) is 4.25. The van der Waals surface area contributed by atoms with Gasteiger partial charge in [0.2, 0.25) is 17.9 Å². The van der Waals surface area contributed by atoms with Crippen LogP contribution in [-0.2, 0) is 9.47 Å². The topological polar surface area (TPSA) is 90.7 Å². The zero-order chi connectivity index (χ0) is 21.6. The zero-order valence-electron chi connectivity index (χ0n) is 15.7. The van der Waals surface area contributed by atoms with Crippen LogP contribution in [0.1, 0.15) is 19.4 Å². The van der Waals surface area contributed by atoms with Gasteiger partial charge in [-0.3, -0.25) is 0 Å². The molecule has 0 N–H and O–H groups in total. The van der Waals surface area contributed by atoms with Crippen molar-refractivity contribution in [2.75, 3.05) is 6.61 Å². The molecule has 29 heavy (non-hydrogen) atoms. The minimum atomic E-state index is -1.41. The number of halogens is 3. The summed E-state index contributed by atoms with van der Waals surface area (Å²) in [4.78, 5) is 14.6. The summed E-state index contributed by atoms with van der Waals surface area (Å²) in [6.07, 6.45) is -3.05. The molecule has 154 valence electrons. The number of ether oxygens (including phenoxy) is 4. The molecule has 0 saturated heterocycles. The van der Waals surface area contributed by atoms with Gasteiger partial charge < -0.3 is 18.9 Å². The lowest BCUT2D eigenvalue weighted by Crippen LogP contribution is -2.32. The standard InChI is InChI=1S/C19H17F3N2O5/c1-4-26-19(25)29-14(9-23)11(3)27-12-5-7-13(8-6-12)28-18-16(21)15(20)10(2)17(22)24-18/h5-8,11,14H,4H2,1-3H3. The molecule has 2 aromatic rings. The fourth-order valence-electron chi connectivity index (χ4n) is 2.10. The zero-order valence-corrected chi connectivity index (χ0v) is 15.7. The lowest BCUT2D eigenvalue weighted by molar-refractivity contribution is 0.00646. The average Bonchev–Trinajstić information content (AvgIpc) is 2.70. The van der Waals surface area contributed by atoms with Crippen molar-refractivity contribution in [1.29, 1.82) is 5.26 Å². The minimum Gasteiger partial charge on any atom is -0.486 e. The van der Waals surface area contributed by atoms with Crippen molar-refractivity contribution in [1.82, 2.24) is 4.98 Å². The highest BCUT2D eigenvalue weighted by molar-refractivity contribution is 5.60. The Labute approximate surface area is 164 Å². The first-order valence-electron chi connectivity index (χ1n) is 8.45. The van der Waals surface area contributed by atoms with Gasteiger partial charge in [-0.05, 0) is 45.0 Å². The summed E-state index contributed by atoms with van der Waals surface area (Å²) in [5.41, 5.74) is -0.551. The van der Waals surface area contributed by atoms with Crippen LogP contribution in [0.3, 0.4) is 0 Å². The monoisotopic (exact) mass is 410 g/mol. The molecule has 0 spiro atoms. The summed E-state index contributed by atoms with van der Waals surface area (Å²) >= 11 is 0. The van der Waals surface area contributed by atoms with Gasteiger partial charge in [0.05, 0.1) is 6.61 Å². The Morgan fingerprint density at radius 3 is 2.38 bits per heavy atom. The van der Waals surface area contributed by atoms with E-state index >= 15 is 0 Å². The maximum atomic E-state index is 13.8. The van der Waals surface area contributed by atoms with Gasteiger partial charge in [-0.25, -0.2) is 9.18 Å². The Balaban J connectivity index is 2.05. The van der Waals surface area contributed by atoms with E-state index in [0.717, 1.165) is 6.92 Å².